The number of rotatable bonds is 24. The van der Waals surface area contributed by atoms with E-state index in [4.69, 9.17) is 97.0 Å². The molecule has 0 fully saturated rings. The zero-order valence-corrected chi connectivity index (χ0v) is 30.8. The molecule has 0 bridgehead atoms. The van der Waals surface area contributed by atoms with Crippen molar-refractivity contribution in [1.29, 1.82) is 0 Å². The number of aliphatic hydroxyl groups is 18. The zero-order chi connectivity index (χ0) is 42.0. The molecule has 0 atom stereocenters. The van der Waals surface area contributed by atoms with Gasteiger partial charge in [0.05, 0.1) is 79.3 Å². The van der Waals surface area contributed by atoms with Crippen LogP contribution in [0.5, 0.6) is 0 Å². The highest BCUT2D eigenvalue weighted by Crippen LogP contribution is 2.11. The third-order valence-electron chi connectivity index (χ3n) is 5.52. The van der Waals surface area contributed by atoms with E-state index >= 15 is 0 Å². The van der Waals surface area contributed by atoms with Gasteiger partial charge in [-0.2, -0.15) is 0 Å². The molecule has 0 spiro atoms. The Morgan fingerprint density at radius 1 is 0.327 bits per heavy atom. The Hall–Kier alpha value is -1.25. The molecule has 0 unspecified atom stereocenters. The standard InChI is InChI=1S/C14H28O2.6C3H8O3/c1-2-3-4-5-6-7-8-9-10-11-12-13-14(15)16;6*4-1-3(6)2-5/h2-13H2,1H3,(H,15,16);6*3-6H,1-2H2. The molecule has 0 radical (unpaired) electrons. The van der Waals surface area contributed by atoms with Crippen LogP contribution in [-0.2, 0) is 4.79 Å². The summed E-state index contributed by atoms with van der Waals surface area (Å²) < 4.78 is 0. The fraction of sp³-hybridized carbons (Fsp3) is 0.969. The summed E-state index contributed by atoms with van der Waals surface area (Å²) in [6.07, 6.45) is 8.64. The topological polar surface area (TPSA) is 401 Å². The van der Waals surface area contributed by atoms with Gasteiger partial charge in [0, 0.05) is 6.42 Å². The van der Waals surface area contributed by atoms with Crippen molar-refractivity contribution in [3.63, 3.8) is 0 Å². The number of carboxylic acids is 1. The first-order valence-electron chi connectivity index (χ1n) is 17.2. The van der Waals surface area contributed by atoms with Crippen LogP contribution >= 0.6 is 0 Å². The van der Waals surface area contributed by atoms with Crippen molar-refractivity contribution in [3.8, 4) is 0 Å². The average molecular weight is 781 g/mol. The summed E-state index contributed by atoms with van der Waals surface area (Å²) in [5.41, 5.74) is 0. The quantitative estimate of drug-likeness (QED) is 0.0407. The van der Waals surface area contributed by atoms with Gasteiger partial charge in [0.1, 0.15) is 36.6 Å². The number of hydrogen-bond donors (Lipinski definition) is 19. The van der Waals surface area contributed by atoms with E-state index in [2.05, 4.69) is 6.92 Å². The van der Waals surface area contributed by atoms with E-state index < -0.39 is 42.6 Å². The lowest BCUT2D eigenvalue weighted by Gasteiger charge is -2.01. The van der Waals surface area contributed by atoms with Crippen molar-refractivity contribution >= 4 is 5.97 Å². The van der Waals surface area contributed by atoms with Crippen LogP contribution in [0.1, 0.15) is 84.0 Å². The van der Waals surface area contributed by atoms with Gasteiger partial charge in [-0.25, -0.2) is 0 Å². The fourth-order valence-electron chi connectivity index (χ4n) is 2.29. The Kier molecular flexibility index (Phi) is 78.0. The Morgan fingerprint density at radius 3 is 0.596 bits per heavy atom. The normalized spacial score (nSPS) is 10.2. The minimum atomic E-state index is -0.954. The van der Waals surface area contributed by atoms with Gasteiger partial charge in [0.25, 0.3) is 0 Å². The summed E-state index contributed by atoms with van der Waals surface area (Å²) in [6, 6.07) is 0. The van der Waals surface area contributed by atoms with E-state index in [-0.39, 0.29) is 79.3 Å². The summed E-state index contributed by atoms with van der Waals surface area (Å²) in [7, 11) is 0. The lowest BCUT2D eigenvalue weighted by molar-refractivity contribution is -0.137. The number of aliphatic hydroxyl groups excluding tert-OH is 18. The van der Waals surface area contributed by atoms with Gasteiger partial charge in [0.2, 0.25) is 0 Å². The predicted molar refractivity (Wildman–Crippen MR) is 190 cm³/mol. The molecule has 52 heavy (non-hydrogen) atoms. The van der Waals surface area contributed by atoms with Crippen LogP contribution in [0.3, 0.4) is 0 Å². The SMILES string of the molecule is CCCCCCCCCCCCCC(=O)O.OCC(O)CO.OCC(O)CO.OCC(O)CO.OCC(O)CO.OCC(O)CO.OCC(O)CO. The van der Waals surface area contributed by atoms with Crippen LogP contribution in [0.15, 0.2) is 0 Å². The van der Waals surface area contributed by atoms with Crippen molar-refractivity contribution < 1.29 is 102 Å². The Morgan fingerprint density at radius 2 is 0.481 bits per heavy atom. The maximum absolute atomic E-state index is 10.3. The highest BCUT2D eigenvalue weighted by molar-refractivity contribution is 5.66. The Balaban J connectivity index is -0.0000000962. The molecule has 19 N–H and O–H groups in total. The summed E-state index contributed by atoms with van der Waals surface area (Å²) in [5.74, 6) is -0.657. The second kappa shape index (κ2) is 61.8. The van der Waals surface area contributed by atoms with E-state index in [0.29, 0.717) is 6.42 Å². The van der Waals surface area contributed by atoms with Crippen molar-refractivity contribution in [1.82, 2.24) is 0 Å². The van der Waals surface area contributed by atoms with Gasteiger partial charge in [-0.1, -0.05) is 71.1 Å². The lowest BCUT2D eigenvalue weighted by atomic mass is 10.1. The first-order valence-corrected chi connectivity index (χ1v) is 17.2. The largest absolute Gasteiger partial charge is 0.481 e. The van der Waals surface area contributed by atoms with E-state index in [1.54, 1.807) is 0 Å². The molecule has 0 saturated heterocycles. The average Bonchev–Trinajstić information content (AvgIpc) is 3.18. The number of carboxylic acid groups (broad SMARTS) is 1. The van der Waals surface area contributed by atoms with Gasteiger partial charge in [-0.3, -0.25) is 4.79 Å². The molecule has 0 aliphatic carbocycles. The summed E-state index contributed by atoms with van der Waals surface area (Å²) in [5, 5.41) is 153. The van der Waals surface area contributed by atoms with E-state index in [1.807, 2.05) is 0 Å². The van der Waals surface area contributed by atoms with Crippen LogP contribution < -0.4 is 0 Å². The number of carbonyl (C=O) groups is 1. The minimum absolute atomic E-state index is 0.344. The van der Waals surface area contributed by atoms with Crippen LogP contribution in [-0.4, -0.2) is 219 Å². The second-order valence-corrected chi connectivity index (χ2v) is 10.8. The van der Waals surface area contributed by atoms with Gasteiger partial charge < -0.3 is 97.0 Å². The van der Waals surface area contributed by atoms with Crippen molar-refractivity contribution in [3.05, 3.63) is 0 Å². The molecular formula is C32H76O20. The molecular weight excluding hydrogens is 704 g/mol. The lowest BCUT2D eigenvalue weighted by Crippen LogP contribution is -2.15. The van der Waals surface area contributed by atoms with Gasteiger partial charge in [0.15, 0.2) is 0 Å². The highest BCUT2D eigenvalue weighted by atomic mass is 16.4. The van der Waals surface area contributed by atoms with Gasteiger partial charge in [-0.05, 0) is 6.42 Å². The summed E-state index contributed by atoms with van der Waals surface area (Å²) >= 11 is 0. The zero-order valence-electron chi connectivity index (χ0n) is 30.8. The molecule has 0 aliphatic heterocycles. The second-order valence-electron chi connectivity index (χ2n) is 10.8. The molecule has 324 valence electrons. The number of hydrogen-bond acceptors (Lipinski definition) is 19. The molecule has 0 saturated carbocycles. The summed E-state index contributed by atoms with van der Waals surface area (Å²) in [6.45, 7) is -2.13. The van der Waals surface area contributed by atoms with Crippen LogP contribution in [0.4, 0.5) is 0 Å². The molecule has 20 heteroatoms. The highest BCUT2D eigenvalue weighted by Gasteiger charge is 1.98. The third-order valence-corrected chi connectivity index (χ3v) is 5.52. The fourth-order valence-corrected chi connectivity index (χ4v) is 2.29. The number of unbranched alkanes of at least 4 members (excludes halogenated alkanes) is 10. The smallest absolute Gasteiger partial charge is 0.303 e. The molecule has 0 aliphatic rings. The van der Waals surface area contributed by atoms with E-state index in [1.165, 1.54) is 57.8 Å². The van der Waals surface area contributed by atoms with Crippen molar-refractivity contribution in [2.24, 2.45) is 0 Å². The van der Waals surface area contributed by atoms with Crippen molar-refractivity contribution in [2.45, 2.75) is 121 Å². The summed E-state index contributed by atoms with van der Waals surface area (Å²) in [4.78, 5) is 10.3. The first kappa shape index (κ1) is 65.6. The van der Waals surface area contributed by atoms with Crippen LogP contribution in [0, 0.1) is 0 Å². The monoisotopic (exact) mass is 780 g/mol. The first-order chi connectivity index (χ1) is 24.6. The molecule has 0 aromatic carbocycles. The van der Waals surface area contributed by atoms with Gasteiger partial charge in [-0.15, -0.1) is 0 Å². The number of aliphatic carboxylic acids is 1. The molecule has 0 rings (SSSR count). The van der Waals surface area contributed by atoms with Crippen molar-refractivity contribution in [2.75, 3.05) is 79.3 Å². The van der Waals surface area contributed by atoms with E-state index in [0.717, 1.165) is 12.8 Å². The Labute approximate surface area is 307 Å². The molecule has 0 heterocycles. The third kappa shape index (κ3) is 87.0. The molecule has 0 amide bonds. The maximum atomic E-state index is 10.3. The Bertz CT molecular complexity index is 481. The minimum Gasteiger partial charge on any atom is -0.481 e. The van der Waals surface area contributed by atoms with Gasteiger partial charge >= 0.3 is 5.97 Å². The maximum Gasteiger partial charge on any atom is 0.303 e. The predicted octanol–water partition coefficient (Wildman–Crippen LogP) is -5.24. The van der Waals surface area contributed by atoms with Crippen LogP contribution in [0.25, 0.3) is 0 Å². The molecule has 0 aromatic heterocycles. The van der Waals surface area contributed by atoms with E-state index in [9.17, 15) is 4.79 Å². The molecule has 0 aromatic rings. The molecule has 20 nitrogen and oxygen atoms in total. The van der Waals surface area contributed by atoms with Crippen LogP contribution in [0.2, 0.25) is 0 Å².